The zero-order valence-electron chi connectivity index (χ0n) is 18.2. The summed E-state index contributed by atoms with van der Waals surface area (Å²) in [7, 11) is -3.90. The smallest absolute Gasteiger partial charge is 0.261 e. The van der Waals surface area contributed by atoms with Crippen molar-refractivity contribution in [2.45, 2.75) is 55.3 Å². The Morgan fingerprint density at radius 1 is 1.21 bits per heavy atom. The van der Waals surface area contributed by atoms with Crippen LogP contribution in [0, 0.1) is 5.82 Å². The van der Waals surface area contributed by atoms with E-state index in [9.17, 15) is 22.7 Å². The second kappa shape index (κ2) is 9.66. The Morgan fingerprint density at radius 2 is 1.97 bits per heavy atom. The maximum Gasteiger partial charge on any atom is 0.261 e. The molecule has 0 aromatic heterocycles. The number of rotatable bonds is 8. The summed E-state index contributed by atoms with van der Waals surface area (Å²) in [6.07, 6.45) is 0.0881. The molecule has 4 rings (SSSR count). The van der Waals surface area contributed by atoms with Crippen LogP contribution >= 0.6 is 0 Å². The zero-order chi connectivity index (χ0) is 23.6. The molecule has 1 fully saturated rings. The molecule has 2 aromatic carbocycles. The van der Waals surface area contributed by atoms with E-state index in [1.807, 2.05) is 6.92 Å². The number of carbonyl (C=O) groups excluding carboxylic acids is 1. The lowest BCUT2D eigenvalue weighted by Gasteiger charge is -2.37. The number of aliphatic hydroxyl groups excluding tert-OH is 1. The van der Waals surface area contributed by atoms with Crippen LogP contribution in [0.3, 0.4) is 0 Å². The van der Waals surface area contributed by atoms with E-state index >= 15 is 0 Å². The molecule has 0 aliphatic carbocycles. The third-order valence-corrected chi connectivity index (χ3v) is 7.26. The zero-order valence-corrected chi connectivity index (χ0v) is 19.0. The number of amides is 1. The predicted molar refractivity (Wildman–Crippen MR) is 119 cm³/mol. The molecular weight excluding hydrogens is 451 g/mol. The number of anilines is 1. The third-order valence-electron chi connectivity index (χ3n) is 5.86. The van der Waals surface area contributed by atoms with Gasteiger partial charge >= 0.3 is 0 Å². The van der Waals surface area contributed by atoms with Gasteiger partial charge in [-0.05, 0) is 55.3 Å². The average Bonchev–Trinajstić information content (AvgIpc) is 3.15. The van der Waals surface area contributed by atoms with Gasteiger partial charge in [-0.2, -0.15) is 0 Å². The third kappa shape index (κ3) is 5.13. The van der Waals surface area contributed by atoms with Crippen molar-refractivity contribution in [3.05, 3.63) is 53.8 Å². The minimum atomic E-state index is -3.90. The van der Waals surface area contributed by atoms with Gasteiger partial charge in [0.05, 0.1) is 24.0 Å². The molecule has 0 saturated carbocycles. The van der Waals surface area contributed by atoms with E-state index in [-0.39, 0.29) is 29.7 Å². The van der Waals surface area contributed by atoms with E-state index in [4.69, 9.17) is 9.47 Å². The SMILES string of the molecule is CCCNC(=O)C[C@H]1C[C@@H]2c3cc(NS(=O)(=O)c4ccc(F)cc4)ccc3O[C@@H]2[C@@H](CO)O1. The molecule has 2 aromatic rings. The summed E-state index contributed by atoms with van der Waals surface area (Å²) < 4.78 is 53.0. The van der Waals surface area contributed by atoms with Crippen LogP contribution < -0.4 is 14.8 Å². The maximum atomic E-state index is 13.2. The number of hydrogen-bond acceptors (Lipinski definition) is 6. The lowest BCUT2D eigenvalue weighted by Crippen LogP contribution is -2.47. The first kappa shape index (κ1) is 23.5. The molecular formula is C23H27FN2O6S. The van der Waals surface area contributed by atoms with Gasteiger partial charge in [0.15, 0.2) is 0 Å². The molecule has 1 saturated heterocycles. The van der Waals surface area contributed by atoms with Crippen LogP contribution in [0.1, 0.15) is 37.7 Å². The average molecular weight is 479 g/mol. The molecule has 33 heavy (non-hydrogen) atoms. The van der Waals surface area contributed by atoms with Crippen molar-refractivity contribution in [2.24, 2.45) is 0 Å². The van der Waals surface area contributed by atoms with E-state index < -0.39 is 34.2 Å². The Labute approximate surface area is 192 Å². The van der Waals surface area contributed by atoms with Crippen LogP contribution in [-0.2, 0) is 19.6 Å². The highest BCUT2D eigenvalue weighted by atomic mass is 32.2. The molecule has 10 heteroatoms. The standard InChI is InChI=1S/C23H27FN2O6S/c1-2-9-25-22(28)12-16-11-19-18-10-15(5-8-20(18)32-23(19)21(13-27)31-16)26-33(29,30)17-6-3-14(24)4-7-17/h3-8,10,16,19,21,23,26-27H,2,9,11-13H2,1H3,(H,25,28)/t16-,19-,21-,23+/m1/s1. The van der Waals surface area contributed by atoms with Gasteiger partial charge in [-0.25, -0.2) is 12.8 Å². The number of benzene rings is 2. The van der Waals surface area contributed by atoms with Crippen LogP contribution in [0.4, 0.5) is 10.1 Å². The first-order valence-corrected chi connectivity index (χ1v) is 12.4. The molecule has 0 bridgehead atoms. The summed E-state index contributed by atoms with van der Waals surface area (Å²) in [5, 5.41) is 12.7. The van der Waals surface area contributed by atoms with Crippen LogP contribution in [-0.4, -0.2) is 50.9 Å². The Balaban J connectivity index is 1.53. The van der Waals surface area contributed by atoms with Crippen molar-refractivity contribution >= 4 is 21.6 Å². The van der Waals surface area contributed by atoms with Crippen molar-refractivity contribution in [2.75, 3.05) is 17.9 Å². The minimum Gasteiger partial charge on any atom is -0.487 e. The molecule has 2 aliphatic heterocycles. The maximum absolute atomic E-state index is 13.2. The van der Waals surface area contributed by atoms with Crippen molar-refractivity contribution in [1.29, 1.82) is 0 Å². The minimum absolute atomic E-state index is 0.0527. The van der Waals surface area contributed by atoms with Crippen LogP contribution in [0.2, 0.25) is 0 Å². The van der Waals surface area contributed by atoms with E-state index in [0.29, 0.717) is 24.4 Å². The molecule has 1 amide bonds. The number of aliphatic hydroxyl groups is 1. The van der Waals surface area contributed by atoms with Crippen LogP contribution in [0.5, 0.6) is 5.75 Å². The Morgan fingerprint density at radius 3 is 2.67 bits per heavy atom. The first-order valence-electron chi connectivity index (χ1n) is 10.9. The predicted octanol–water partition coefficient (Wildman–Crippen LogP) is 2.54. The highest BCUT2D eigenvalue weighted by Crippen LogP contribution is 2.47. The van der Waals surface area contributed by atoms with Crippen LogP contribution in [0.15, 0.2) is 47.4 Å². The van der Waals surface area contributed by atoms with Gasteiger partial charge in [0.2, 0.25) is 5.91 Å². The number of fused-ring (bicyclic) bond motifs is 3. The van der Waals surface area contributed by atoms with Gasteiger partial charge in [-0.1, -0.05) is 6.92 Å². The Kier molecular flexibility index (Phi) is 6.87. The highest BCUT2D eigenvalue weighted by Gasteiger charge is 2.46. The number of sulfonamides is 1. The largest absolute Gasteiger partial charge is 0.487 e. The highest BCUT2D eigenvalue weighted by molar-refractivity contribution is 7.92. The molecule has 0 unspecified atom stereocenters. The number of carbonyl (C=O) groups is 1. The van der Waals surface area contributed by atoms with Crippen molar-refractivity contribution < 1.29 is 32.2 Å². The summed E-state index contributed by atoms with van der Waals surface area (Å²) in [6.45, 7) is 2.30. The molecule has 0 spiro atoms. The lowest BCUT2D eigenvalue weighted by molar-refractivity contribution is -0.142. The van der Waals surface area contributed by atoms with Gasteiger partial charge in [0.1, 0.15) is 23.8 Å². The van der Waals surface area contributed by atoms with E-state index in [0.717, 1.165) is 24.1 Å². The molecule has 2 aliphatic rings. The fourth-order valence-corrected chi connectivity index (χ4v) is 5.37. The van der Waals surface area contributed by atoms with Gasteiger partial charge in [-0.3, -0.25) is 9.52 Å². The molecule has 3 N–H and O–H groups in total. The summed E-state index contributed by atoms with van der Waals surface area (Å²) in [6, 6.07) is 9.53. The first-order chi connectivity index (χ1) is 15.8. The summed E-state index contributed by atoms with van der Waals surface area (Å²) in [5.41, 5.74) is 1.13. The van der Waals surface area contributed by atoms with Gasteiger partial charge in [0.25, 0.3) is 10.0 Å². The van der Waals surface area contributed by atoms with Crippen LogP contribution in [0.25, 0.3) is 0 Å². The topological polar surface area (TPSA) is 114 Å². The molecule has 2 heterocycles. The quantitative estimate of drug-likeness (QED) is 0.537. The van der Waals surface area contributed by atoms with Crippen molar-refractivity contribution in [1.82, 2.24) is 5.32 Å². The number of nitrogens with one attached hydrogen (secondary N) is 2. The lowest BCUT2D eigenvalue weighted by atomic mass is 9.84. The van der Waals surface area contributed by atoms with Gasteiger partial charge in [-0.15, -0.1) is 0 Å². The number of halogens is 1. The van der Waals surface area contributed by atoms with Gasteiger partial charge in [0, 0.05) is 23.7 Å². The second-order valence-electron chi connectivity index (χ2n) is 8.27. The fraction of sp³-hybridized carbons (Fsp3) is 0.435. The molecule has 4 atom stereocenters. The Bertz CT molecular complexity index is 1110. The molecule has 0 radical (unpaired) electrons. The second-order valence-corrected chi connectivity index (χ2v) is 9.95. The summed E-state index contributed by atoms with van der Waals surface area (Å²) in [4.78, 5) is 12.1. The Hall–Kier alpha value is -2.69. The monoisotopic (exact) mass is 478 g/mol. The molecule has 8 nitrogen and oxygen atoms in total. The van der Waals surface area contributed by atoms with E-state index in [1.54, 1.807) is 18.2 Å². The number of ether oxygens (including phenoxy) is 2. The molecule has 178 valence electrons. The normalized spacial score (nSPS) is 23.8. The van der Waals surface area contributed by atoms with Crippen molar-refractivity contribution in [3.8, 4) is 5.75 Å². The number of hydrogen-bond donors (Lipinski definition) is 3. The summed E-state index contributed by atoms with van der Waals surface area (Å²) >= 11 is 0. The summed E-state index contributed by atoms with van der Waals surface area (Å²) in [5.74, 6) is -0.208. The fourth-order valence-electron chi connectivity index (χ4n) is 4.32. The van der Waals surface area contributed by atoms with E-state index in [2.05, 4.69) is 10.0 Å². The van der Waals surface area contributed by atoms with Gasteiger partial charge < -0.3 is 19.9 Å². The van der Waals surface area contributed by atoms with E-state index in [1.165, 1.54) is 12.1 Å². The van der Waals surface area contributed by atoms with Crippen molar-refractivity contribution in [3.63, 3.8) is 0 Å².